The zero-order valence-electron chi connectivity index (χ0n) is 12.5. The number of hydrogen-bond acceptors (Lipinski definition) is 4. The molecule has 0 fully saturated rings. The van der Waals surface area contributed by atoms with Crippen molar-refractivity contribution in [2.45, 2.75) is 6.92 Å². The van der Waals surface area contributed by atoms with E-state index < -0.39 is 0 Å². The Morgan fingerprint density at radius 1 is 1.09 bits per heavy atom. The van der Waals surface area contributed by atoms with Crippen LogP contribution in [0.1, 0.15) is 15.9 Å². The molecule has 0 aliphatic rings. The minimum atomic E-state index is 0.310. The molecule has 2 aromatic rings. The second kappa shape index (κ2) is 7.71. The predicted octanol–water partition coefficient (Wildman–Crippen LogP) is 3.93. The average molecular weight is 321 g/mol. The SMILES string of the molecule is COc1cc(C=O)cc(Cl)c1OCCOc1ccccc1C. The summed E-state index contributed by atoms with van der Waals surface area (Å²) in [7, 11) is 1.50. The Morgan fingerprint density at radius 2 is 1.82 bits per heavy atom. The average Bonchev–Trinajstić information content (AvgIpc) is 2.53. The maximum atomic E-state index is 10.8. The summed E-state index contributed by atoms with van der Waals surface area (Å²) in [6.07, 6.45) is 0.708. The zero-order valence-corrected chi connectivity index (χ0v) is 13.2. The number of benzene rings is 2. The summed E-state index contributed by atoms with van der Waals surface area (Å²) in [5, 5.41) is 0.331. The van der Waals surface area contributed by atoms with E-state index in [-0.39, 0.29) is 0 Å². The molecule has 0 atom stereocenters. The largest absolute Gasteiger partial charge is 0.493 e. The molecule has 2 rings (SSSR count). The van der Waals surface area contributed by atoms with Gasteiger partial charge < -0.3 is 14.2 Å². The molecule has 5 heteroatoms. The van der Waals surface area contributed by atoms with Gasteiger partial charge in [0, 0.05) is 5.56 Å². The van der Waals surface area contributed by atoms with Crippen molar-refractivity contribution in [2.24, 2.45) is 0 Å². The van der Waals surface area contributed by atoms with Crippen LogP contribution in [0.5, 0.6) is 17.2 Å². The zero-order chi connectivity index (χ0) is 15.9. The molecule has 0 aliphatic heterocycles. The molecule has 4 nitrogen and oxygen atoms in total. The van der Waals surface area contributed by atoms with Crippen LogP contribution < -0.4 is 14.2 Å². The van der Waals surface area contributed by atoms with Gasteiger partial charge in [0.15, 0.2) is 11.5 Å². The molecule has 0 saturated carbocycles. The van der Waals surface area contributed by atoms with Crippen molar-refractivity contribution in [3.63, 3.8) is 0 Å². The molecule has 0 unspecified atom stereocenters. The minimum Gasteiger partial charge on any atom is -0.493 e. The van der Waals surface area contributed by atoms with E-state index in [1.165, 1.54) is 13.2 Å². The third-order valence-electron chi connectivity index (χ3n) is 3.07. The van der Waals surface area contributed by atoms with Gasteiger partial charge in [-0.15, -0.1) is 0 Å². The molecular weight excluding hydrogens is 304 g/mol. The fraction of sp³-hybridized carbons (Fsp3) is 0.235. The molecule has 0 heterocycles. The van der Waals surface area contributed by atoms with Gasteiger partial charge in [-0.25, -0.2) is 0 Å². The Labute approximate surface area is 134 Å². The van der Waals surface area contributed by atoms with E-state index in [9.17, 15) is 4.79 Å². The molecule has 0 radical (unpaired) electrons. The first-order valence-corrected chi connectivity index (χ1v) is 7.17. The number of aryl methyl sites for hydroxylation is 1. The maximum Gasteiger partial charge on any atom is 0.179 e. The number of para-hydroxylation sites is 1. The van der Waals surface area contributed by atoms with E-state index in [0.717, 1.165) is 11.3 Å². The highest BCUT2D eigenvalue weighted by atomic mass is 35.5. The molecule has 2 aromatic carbocycles. The summed E-state index contributed by atoms with van der Waals surface area (Å²) >= 11 is 6.11. The number of carbonyl (C=O) groups is 1. The number of halogens is 1. The third-order valence-corrected chi connectivity index (χ3v) is 3.35. The van der Waals surface area contributed by atoms with Gasteiger partial charge in [-0.2, -0.15) is 0 Å². The van der Waals surface area contributed by atoms with Crippen LogP contribution in [0, 0.1) is 6.92 Å². The van der Waals surface area contributed by atoms with Crippen LogP contribution in [-0.2, 0) is 0 Å². The Hall–Kier alpha value is -2.20. The van der Waals surface area contributed by atoms with E-state index >= 15 is 0 Å². The van der Waals surface area contributed by atoms with Gasteiger partial charge in [-0.1, -0.05) is 29.8 Å². The lowest BCUT2D eigenvalue weighted by Crippen LogP contribution is -2.10. The van der Waals surface area contributed by atoms with Crippen LogP contribution in [0.2, 0.25) is 5.02 Å². The van der Waals surface area contributed by atoms with Gasteiger partial charge in [0.2, 0.25) is 0 Å². The lowest BCUT2D eigenvalue weighted by molar-refractivity contribution is 0.112. The molecule has 0 aliphatic carbocycles. The molecule has 116 valence electrons. The summed E-state index contributed by atoms with van der Waals surface area (Å²) in [5.41, 5.74) is 1.50. The Balaban J connectivity index is 1.97. The first-order valence-electron chi connectivity index (χ1n) is 6.79. The molecule has 0 saturated heterocycles. The van der Waals surface area contributed by atoms with Crippen molar-refractivity contribution in [1.82, 2.24) is 0 Å². The quantitative estimate of drug-likeness (QED) is 0.573. The highest BCUT2D eigenvalue weighted by molar-refractivity contribution is 6.32. The monoisotopic (exact) mass is 320 g/mol. The normalized spacial score (nSPS) is 10.1. The molecule has 0 bridgehead atoms. The van der Waals surface area contributed by atoms with Crippen LogP contribution in [0.25, 0.3) is 0 Å². The van der Waals surface area contributed by atoms with Crippen LogP contribution in [-0.4, -0.2) is 26.6 Å². The molecular formula is C17H17ClO4. The number of methoxy groups -OCH3 is 1. The van der Waals surface area contributed by atoms with Crippen molar-refractivity contribution >= 4 is 17.9 Å². The van der Waals surface area contributed by atoms with Crippen molar-refractivity contribution in [3.8, 4) is 17.2 Å². The maximum absolute atomic E-state index is 10.8. The number of hydrogen-bond donors (Lipinski definition) is 0. The van der Waals surface area contributed by atoms with E-state index in [4.69, 9.17) is 25.8 Å². The Morgan fingerprint density at radius 3 is 2.50 bits per heavy atom. The van der Waals surface area contributed by atoms with Crippen molar-refractivity contribution in [1.29, 1.82) is 0 Å². The smallest absolute Gasteiger partial charge is 0.179 e. The summed E-state index contributed by atoms with van der Waals surface area (Å²) in [5.74, 6) is 1.65. The first-order chi connectivity index (χ1) is 10.7. The van der Waals surface area contributed by atoms with Gasteiger partial charge in [0.1, 0.15) is 25.2 Å². The molecule has 0 aromatic heterocycles. The van der Waals surface area contributed by atoms with E-state index in [0.29, 0.717) is 41.6 Å². The molecule has 0 N–H and O–H groups in total. The minimum absolute atomic E-state index is 0.310. The van der Waals surface area contributed by atoms with Crippen molar-refractivity contribution in [2.75, 3.05) is 20.3 Å². The summed E-state index contributed by atoms with van der Waals surface area (Å²) in [6.45, 7) is 2.67. The summed E-state index contributed by atoms with van der Waals surface area (Å²) in [4.78, 5) is 10.8. The predicted molar refractivity (Wildman–Crippen MR) is 85.6 cm³/mol. The summed E-state index contributed by atoms with van der Waals surface area (Å²) in [6, 6.07) is 10.9. The van der Waals surface area contributed by atoms with Crippen LogP contribution >= 0.6 is 11.6 Å². The lowest BCUT2D eigenvalue weighted by Gasteiger charge is -2.14. The standard InChI is InChI=1S/C17H17ClO4/c1-12-5-3-4-6-15(12)21-7-8-22-17-14(18)9-13(11-19)10-16(17)20-2/h3-6,9-11H,7-8H2,1-2H3. The third kappa shape index (κ3) is 3.92. The van der Waals surface area contributed by atoms with Crippen molar-refractivity contribution in [3.05, 3.63) is 52.5 Å². The number of carbonyl (C=O) groups excluding carboxylic acids is 1. The second-order valence-electron chi connectivity index (χ2n) is 4.61. The van der Waals surface area contributed by atoms with Crippen LogP contribution in [0.4, 0.5) is 0 Å². The highest BCUT2D eigenvalue weighted by Gasteiger charge is 2.12. The fourth-order valence-corrected chi connectivity index (χ4v) is 2.24. The molecule has 22 heavy (non-hydrogen) atoms. The van der Waals surface area contributed by atoms with Gasteiger partial charge in [0.25, 0.3) is 0 Å². The first kappa shape index (κ1) is 16.2. The topological polar surface area (TPSA) is 44.8 Å². The van der Waals surface area contributed by atoms with Crippen molar-refractivity contribution < 1.29 is 19.0 Å². The number of aldehydes is 1. The molecule has 0 amide bonds. The van der Waals surface area contributed by atoms with Crippen LogP contribution in [0.15, 0.2) is 36.4 Å². The summed E-state index contributed by atoms with van der Waals surface area (Å²) < 4.78 is 16.5. The Bertz CT molecular complexity index is 655. The van der Waals surface area contributed by atoms with Gasteiger partial charge in [-0.3, -0.25) is 4.79 Å². The van der Waals surface area contributed by atoms with Crippen LogP contribution in [0.3, 0.4) is 0 Å². The van der Waals surface area contributed by atoms with E-state index in [2.05, 4.69) is 0 Å². The molecule has 0 spiro atoms. The highest BCUT2D eigenvalue weighted by Crippen LogP contribution is 2.36. The Kier molecular flexibility index (Phi) is 5.67. The van der Waals surface area contributed by atoms with E-state index in [1.807, 2.05) is 31.2 Å². The fourth-order valence-electron chi connectivity index (χ4n) is 1.96. The number of ether oxygens (including phenoxy) is 3. The second-order valence-corrected chi connectivity index (χ2v) is 5.02. The van der Waals surface area contributed by atoms with E-state index in [1.54, 1.807) is 6.07 Å². The van der Waals surface area contributed by atoms with Gasteiger partial charge in [-0.05, 0) is 30.7 Å². The lowest BCUT2D eigenvalue weighted by atomic mass is 10.2. The van der Waals surface area contributed by atoms with Gasteiger partial charge in [0.05, 0.1) is 12.1 Å². The van der Waals surface area contributed by atoms with Gasteiger partial charge >= 0.3 is 0 Å². The number of rotatable bonds is 7.